The molecule has 1 heterocycles. The fourth-order valence-electron chi connectivity index (χ4n) is 2.33. The van der Waals surface area contributed by atoms with E-state index in [1.807, 2.05) is 0 Å². The van der Waals surface area contributed by atoms with E-state index in [0.29, 0.717) is 5.56 Å². The van der Waals surface area contributed by atoms with Crippen molar-refractivity contribution in [1.82, 2.24) is 9.88 Å². The molecule has 0 unspecified atom stereocenters. The zero-order valence-electron chi connectivity index (χ0n) is 14.7. The van der Waals surface area contributed by atoms with Crippen LogP contribution >= 0.6 is 0 Å². The number of carboxylic acid groups (broad SMARTS) is 1. The average Bonchev–Trinajstić information content (AvgIpc) is 2.63. The lowest BCUT2D eigenvalue weighted by molar-refractivity contribution is -0.0514. The number of carbonyl (C=O) groups excluding carboxylic acids is 1. The Morgan fingerprint density at radius 2 is 1.96 bits per heavy atom. The van der Waals surface area contributed by atoms with Crippen LogP contribution in [0.15, 0.2) is 36.5 Å². The van der Waals surface area contributed by atoms with Gasteiger partial charge in [0.15, 0.2) is 11.5 Å². The second kappa shape index (κ2) is 8.93. The second-order valence-electron chi connectivity index (χ2n) is 5.49. The number of pyridine rings is 1. The summed E-state index contributed by atoms with van der Waals surface area (Å²) in [5.41, 5.74) is 0.555. The fourth-order valence-corrected chi connectivity index (χ4v) is 2.33. The molecule has 0 radical (unpaired) electrons. The van der Waals surface area contributed by atoms with Gasteiger partial charge in [0.1, 0.15) is 5.69 Å². The van der Waals surface area contributed by atoms with Crippen LogP contribution < -0.4 is 9.47 Å². The van der Waals surface area contributed by atoms with Crippen LogP contribution in [0.1, 0.15) is 33.3 Å². The Bertz CT molecular complexity index is 829. The summed E-state index contributed by atoms with van der Waals surface area (Å²) in [6.45, 7) is -0.890. The Morgan fingerprint density at radius 3 is 2.59 bits per heavy atom. The number of ether oxygens (including phenoxy) is 2. The molecule has 0 fully saturated rings. The van der Waals surface area contributed by atoms with Gasteiger partial charge in [-0.25, -0.2) is 4.79 Å². The molecule has 1 N–H and O–H groups in total. The van der Waals surface area contributed by atoms with Gasteiger partial charge < -0.3 is 19.5 Å². The first-order valence-corrected chi connectivity index (χ1v) is 7.97. The summed E-state index contributed by atoms with van der Waals surface area (Å²) in [6, 6.07) is 6.85. The van der Waals surface area contributed by atoms with Gasteiger partial charge in [0, 0.05) is 19.8 Å². The van der Waals surface area contributed by atoms with Gasteiger partial charge in [-0.05, 0) is 36.8 Å². The van der Waals surface area contributed by atoms with Crippen LogP contribution in [0.3, 0.4) is 0 Å². The molecule has 0 aliphatic carbocycles. The number of carboxylic acids is 1. The van der Waals surface area contributed by atoms with Crippen molar-refractivity contribution in [3.8, 4) is 11.5 Å². The summed E-state index contributed by atoms with van der Waals surface area (Å²) in [5.74, 6) is -1.60. The lowest BCUT2D eigenvalue weighted by atomic mass is 10.1. The number of carbonyl (C=O) groups is 2. The minimum absolute atomic E-state index is 0.0138. The molecule has 2 rings (SSSR count). The molecule has 0 aliphatic rings. The molecule has 0 saturated carbocycles. The van der Waals surface area contributed by atoms with E-state index >= 15 is 0 Å². The van der Waals surface area contributed by atoms with Gasteiger partial charge in [-0.3, -0.25) is 9.78 Å². The number of amides is 1. The molecule has 0 saturated heterocycles. The van der Waals surface area contributed by atoms with Crippen LogP contribution in [0.5, 0.6) is 11.5 Å². The minimum Gasteiger partial charge on any atom is -0.490 e. The highest BCUT2D eigenvalue weighted by molar-refractivity contribution is 5.95. The molecule has 1 aromatic heterocycles. The van der Waals surface area contributed by atoms with Gasteiger partial charge in [-0.2, -0.15) is 8.78 Å². The third-order valence-corrected chi connectivity index (χ3v) is 3.52. The van der Waals surface area contributed by atoms with Crippen molar-refractivity contribution in [2.24, 2.45) is 0 Å². The zero-order valence-corrected chi connectivity index (χ0v) is 14.7. The maximum Gasteiger partial charge on any atom is 0.387 e. The van der Waals surface area contributed by atoms with Crippen LogP contribution in [0.2, 0.25) is 0 Å². The fraction of sp³-hybridized carbons (Fsp3) is 0.278. The van der Waals surface area contributed by atoms with E-state index in [0.717, 1.165) is 0 Å². The number of benzene rings is 1. The number of halogens is 2. The number of alkyl halides is 2. The molecule has 7 nitrogen and oxygen atoms in total. The quantitative estimate of drug-likeness (QED) is 0.757. The minimum atomic E-state index is -2.98. The van der Waals surface area contributed by atoms with Crippen LogP contribution in [0, 0.1) is 0 Å². The van der Waals surface area contributed by atoms with Crippen molar-refractivity contribution in [3.05, 3.63) is 53.3 Å². The third kappa shape index (κ3) is 5.37. The summed E-state index contributed by atoms with van der Waals surface area (Å²) in [5, 5.41) is 9.00. The molecule has 27 heavy (non-hydrogen) atoms. The molecular weight excluding hydrogens is 362 g/mol. The number of nitrogens with zero attached hydrogens (tertiary/aromatic N) is 2. The van der Waals surface area contributed by atoms with Gasteiger partial charge in [0.25, 0.3) is 5.91 Å². The van der Waals surface area contributed by atoms with E-state index in [-0.39, 0.29) is 35.9 Å². The number of aromatic nitrogens is 1. The van der Waals surface area contributed by atoms with Crippen molar-refractivity contribution in [2.75, 3.05) is 13.7 Å². The highest BCUT2D eigenvalue weighted by Gasteiger charge is 2.17. The molecule has 0 bridgehead atoms. The Hall–Kier alpha value is -3.23. The molecule has 1 amide bonds. The number of rotatable bonds is 8. The molecule has 2 aromatic rings. The maximum atomic E-state index is 12.5. The molecule has 1 aromatic carbocycles. The lowest BCUT2D eigenvalue weighted by Crippen LogP contribution is -2.27. The van der Waals surface area contributed by atoms with Crippen molar-refractivity contribution in [1.29, 1.82) is 0 Å². The normalized spacial score (nSPS) is 10.6. The average molecular weight is 380 g/mol. The number of hydrogen-bond acceptors (Lipinski definition) is 5. The van der Waals surface area contributed by atoms with Crippen molar-refractivity contribution in [2.45, 2.75) is 20.1 Å². The van der Waals surface area contributed by atoms with E-state index in [1.54, 1.807) is 6.92 Å². The van der Waals surface area contributed by atoms with E-state index in [9.17, 15) is 18.4 Å². The highest BCUT2D eigenvalue weighted by Crippen LogP contribution is 2.30. The summed E-state index contributed by atoms with van der Waals surface area (Å²) in [4.78, 5) is 28.7. The molecular formula is C18H18F2N2O5. The smallest absolute Gasteiger partial charge is 0.387 e. The molecule has 0 aliphatic heterocycles. The Balaban J connectivity index is 2.17. The third-order valence-electron chi connectivity index (χ3n) is 3.52. The summed E-state index contributed by atoms with van der Waals surface area (Å²) < 4.78 is 34.6. The van der Waals surface area contributed by atoms with Gasteiger partial charge >= 0.3 is 12.6 Å². The Kier molecular flexibility index (Phi) is 6.64. The van der Waals surface area contributed by atoms with Crippen LogP contribution in [-0.2, 0) is 6.54 Å². The monoisotopic (exact) mass is 380 g/mol. The van der Waals surface area contributed by atoms with Crippen LogP contribution in [0.4, 0.5) is 8.78 Å². The van der Waals surface area contributed by atoms with Crippen LogP contribution in [0.25, 0.3) is 0 Å². The summed E-state index contributed by atoms with van der Waals surface area (Å²) in [7, 11) is 1.52. The van der Waals surface area contributed by atoms with Crippen molar-refractivity contribution >= 4 is 11.9 Å². The topological polar surface area (TPSA) is 89.0 Å². The largest absolute Gasteiger partial charge is 0.490 e. The van der Waals surface area contributed by atoms with Crippen LogP contribution in [-0.4, -0.2) is 47.1 Å². The van der Waals surface area contributed by atoms with Crippen molar-refractivity contribution in [3.63, 3.8) is 0 Å². The molecule has 9 heteroatoms. The standard InChI is InChI=1S/C18H18F2N2O5/c1-3-26-15-8-11(4-5-14(15)27-18(19)20)10-22(2)16(23)13-9-12(17(24)25)6-7-21-13/h4-9,18H,3,10H2,1-2H3,(H,24,25). The maximum absolute atomic E-state index is 12.5. The highest BCUT2D eigenvalue weighted by atomic mass is 19.3. The first kappa shape index (κ1) is 20.1. The number of hydrogen-bond donors (Lipinski definition) is 1. The SMILES string of the molecule is CCOc1cc(CN(C)C(=O)c2cc(C(=O)O)ccn2)ccc1OC(F)F. The van der Waals surface area contributed by atoms with Gasteiger partial charge in [0.2, 0.25) is 0 Å². The van der Waals surface area contributed by atoms with E-state index < -0.39 is 18.5 Å². The first-order valence-electron chi connectivity index (χ1n) is 7.97. The molecule has 144 valence electrons. The summed E-state index contributed by atoms with van der Waals surface area (Å²) in [6.07, 6.45) is 1.24. The number of aromatic carboxylic acids is 1. The second-order valence-corrected chi connectivity index (χ2v) is 5.49. The van der Waals surface area contributed by atoms with E-state index in [4.69, 9.17) is 9.84 Å². The summed E-state index contributed by atoms with van der Waals surface area (Å²) >= 11 is 0. The van der Waals surface area contributed by atoms with Crippen molar-refractivity contribution < 1.29 is 33.0 Å². The van der Waals surface area contributed by atoms with Gasteiger partial charge in [0.05, 0.1) is 12.2 Å². The Labute approximate surface area is 154 Å². The predicted molar refractivity (Wildman–Crippen MR) is 91.2 cm³/mol. The van der Waals surface area contributed by atoms with E-state index in [1.165, 1.54) is 48.5 Å². The molecule has 0 spiro atoms. The lowest BCUT2D eigenvalue weighted by Gasteiger charge is -2.18. The first-order chi connectivity index (χ1) is 12.8. The van der Waals surface area contributed by atoms with Gasteiger partial charge in [-0.1, -0.05) is 6.07 Å². The molecule has 0 atom stereocenters. The predicted octanol–water partition coefficient (Wildman–Crippen LogP) is 3.05. The van der Waals surface area contributed by atoms with E-state index in [2.05, 4.69) is 9.72 Å². The Morgan fingerprint density at radius 1 is 1.22 bits per heavy atom. The zero-order chi connectivity index (χ0) is 20.0. The van der Waals surface area contributed by atoms with Gasteiger partial charge in [-0.15, -0.1) is 0 Å².